The van der Waals surface area contributed by atoms with Gasteiger partial charge in [0.25, 0.3) is 12.3 Å². The number of alkyl halides is 3. The van der Waals surface area contributed by atoms with Crippen LogP contribution in [0.15, 0.2) is 36.7 Å². The van der Waals surface area contributed by atoms with Gasteiger partial charge in [0.05, 0.1) is 17.3 Å². The molecule has 0 aliphatic heterocycles. The van der Waals surface area contributed by atoms with Crippen molar-refractivity contribution in [3.63, 3.8) is 0 Å². The van der Waals surface area contributed by atoms with Crippen LogP contribution in [0.2, 0.25) is 5.02 Å². The van der Waals surface area contributed by atoms with Crippen molar-refractivity contribution < 1.29 is 18.0 Å². The monoisotopic (exact) mass is 413 g/mol. The zero-order valence-corrected chi connectivity index (χ0v) is 16.5. The maximum absolute atomic E-state index is 13.6. The van der Waals surface area contributed by atoms with Gasteiger partial charge in [0.15, 0.2) is 5.82 Å². The van der Waals surface area contributed by atoms with Crippen LogP contribution >= 0.6 is 11.6 Å². The number of amides is 1. The van der Waals surface area contributed by atoms with E-state index in [1.807, 2.05) is 13.8 Å². The Morgan fingerprint density at radius 2 is 1.89 bits per heavy atom. The molecule has 0 fully saturated rings. The number of nitrogens with one attached hydrogen (secondary N) is 1. The molecular weight excluding hydrogens is 391 g/mol. The SMILES string of the molecule is CCC(C)(CF)CC(CNC(=O)c1ccccc1Cl)c1cnc(C(F)F)nc1. The molecule has 0 radical (unpaired) electrons. The summed E-state index contributed by atoms with van der Waals surface area (Å²) in [4.78, 5) is 19.8. The Hall–Kier alpha value is -2.15. The molecule has 8 heteroatoms. The van der Waals surface area contributed by atoms with Gasteiger partial charge in [0.1, 0.15) is 0 Å². The number of halogens is 4. The molecule has 0 bridgehead atoms. The van der Waals surface area contributed by atoms with Crippen molar-refractivity contribution >= 4 is 17.5 Å². The lowest BCUT2D eigenvalue weighted by molar-refractivity contribution is 0.0946. The van der Waals surface area contributed by atoms with Gasteiger partial charge in [0.2, 0.25) is 0 Å². The van der Waals surface area contributed by atoms with E-state index >= 15 is 0 Å². The third-order valence-electron chi connectivity index (χ3n) is 4.90. The van der Waals surface area contributed by atoms with Gasteiger partial charge in [-0.2, -0.15) is 0 Å². The maximum atomic E-state index is 13.6. The van der Waals surface area contributed by atoms with E-state index in [-0.39, 0.29) is 18.4 Å². The Morgan fingerprint density at radius 3 is 2.43 bits per heavy atom. The molecule has 0 saturated heterocycles. The lowest BCUT2D eigenvalue weighted by Crippen LogP contribution is -2.32. The van der Waals surface area contributed by atoms with Gasteiger partial charge in [-0.1, -0.05) is 37.6 Å². The number of rotatable bonds is 9. The van der Waals surface area contributed by atoms with Crippen LogP contribution < -0.4 is 5.32 Å². The van der Waals surface area contributed by atoms with Crippen molar-refractivity contribution in [2.45, 2.75) is 39.0 Å². The molecule has 1 aromatic heterocycles. The minimum absolute atomic E-state index is 0.178. The average Bonchev–Trinajstić information content (AvgIpc) is 2.71. The first kappa shape index (κ1) is 22.1. The Bertz CT molecular complexity index is 783. The summed E-state index contributed by atoms with van der Waals surface area (Å²) in [5.74, 6) is -1.26. The van der Waals surface area contributed by atoms with Crippen molar-refractivity contribution in [1.82, 2.24) is 15.3 Å². The van der Waals surface area contributed by atoms with Crippen LogP contribution in [-0.4, -0.2) is 29.1 Å². The molecule has 2 aromatic rings. The second-order valence-corrected chi connectivity index (χ2v) is 7.47. The number of nitrogens with zero attached hydrogens (tertiary/aromatic N) is 2. The zero-order valence-electron chi connectivity index (χ0n) is 15.8. The van der Waals surface area contributed by atoms with Crippen molar-refractivity contribution in [3.8, 4) is 0 Å². The molecular formula is C20H23ClF3N3O. The second kappa shape index (κ2) is 9.87. The molecule has 2 unspecified atom stereocenters. The fraction of sp³-hybridized carbons (Fsp3) is 0.450. The highest BCUT2D eigenvalue weighted by molar-refractivity contribution is 6.33. The van der Waals surface area contributed by atoms with E-state index in [0.717, 1.165) is 0 Å². The third-order valence-corrected chi connectivity index (χ3v) is 5.23. The van der Waals surface area contributed by atoms with Crippen molar-refractivity contribution in [2.24, 2.45) is 5.41 Å². The largest absolute Gasteiger partial charge is 0.351 e. The average molecular weight is 414 g/mol. The normalized spacial score (nSPS) is 14.5. The first-order valence-corrected chi connectivity index (χ1v) is 9.36. The van der Waals surface area contributed by atoms with Gasteiger partial charge < -0.3 is 5.32 Å². The number of carbonyl (C=O) groups is 1. The molecule has 0 spiro atoms. The maximum Gasteiger partial charge on any atom is 0.297 e. The fourth-order valence-electron chi connectivity index (χ4n) is 2.82. The molecule has 28 heavy (non-hydrogen) atoms. The lowest BCUT2D eigenvalue weighted by Gasteiger charge is -2.30. The number of aromatic nitrogens is 2. The molecule has 1 amide bonds. The Balaban J connectivity index is 2.20. The van der Waals surface area contributed by atoms with E-state index in [1.165, 1.54) is 12.4 Å². The third kappa shape index (κ3) is 5.67. The van der Waals surface area contributed by atoms with Gasteiger partial charge in [0, 0.05) is 24.9 Å². The van der Waals surface area contributed by atoms with Crippen LogP contribution in [0, 0.1) is 5.41 Å². The molecule has 1 aromatic carbocycles. The van der Waals surface area contributed by atoms with Gasteiger partial charge in [-0.05, 0) is 36.0 Å². The highest BCUT2D eigenvalue weighted by Crippen LogP contribution is 2.35. The summed E-state index contributed by atoms with van der Waals surface area (Å²) in [6.45, 7) is 3.34. The summed E-state index contributed by atoms with van der Waals surface area (Å²) in [5, 5.41) is 3.12. The highest BCUT2D eigenvalue weighted by atomic mass is 35.5. The van der Waals surface area contributed by atoms with E-state index in [2.05, 4.69) is 15.3 Å². The molecule has 2 rings (SSSR count). The van der Waals surface area contributed by atoms with Crippen LogP contribution in [0.4, 0.5) is 13.2 Å². The van der Waals surface area contributed by atoms with Gasteiger partial charge >= 0.3 is 0 Å². The molecule has 0 aliphatic carbocycles. The summed E-state index contributed by atoms with van der Waals surface area (Å²) in [7, 11) is 0. The van der Waals surface area contributed by atoms with Crippen LogP contribution in [0.25, 0.3) is 0 Å². The van der Waals surface area contributed by atoms with Gasteiger partial charge in [-0.15, -0.1) is 0 Å². The van der Waals surface area contributed by atoms with Crippen molar-refractivity contribution in [2.75, 3.05) is 13.2 Å². The lowest BCUT2D eigenvalue weighted by atomic mass is 9.78. The molecule has 152 valence electrons. The molecule has 1 heterocycles. The first-order chi connectivity index (χ1) is 13.3. The summed E-state index contributed by atoms with van der Waals surface area (Å²) >= 11 is 6.05. The van der Waals surface area contributed by atoms with E-state index in [1.54, 1.807) is 24.3 Å². The fourth-order valence-corrected chi connectivity index (χ4v) is 3.05. The number of hydrogen-bond donors (Lipinski definition) is 1. The predicted octanol–water partition coefficient (Wildman–Crippen LogP) is 5.36. The summed E-state index contributed by atoms with van der Waals surface area (Å²) < 4.78 is 39.0. The Kier molecular flexibility index (Phi) is 7.80. The molecule has 0 aliphatic rings. The number of hydrogen-bond acceptors (Lipinski definition) is 3. The summed E-state index contributed by atoms with van der Waals surface area (Å²) in [5.41, 5.74) is 0.286. The highest BCUT2D eigenvalue weighted by Gasteiger charge is 2.28. The topological polar surface area (TPSA) is 54.9 Å². The van der Waals surface area contributed by atoms with Crippen molar-refractivity contribution in [1.29, 1.82) is 0 Å². The summed E-state index contributed by atoms with van der Waals surface area (Å²) in [6, 6.07) is 6.64. The second-order valence-electron chi connectivity index (χ2n) is 7.06. The van der Waals surface area contributed by atoms with Gasteiger partial charge in [-0.25, -0.2) is 18.7 Å². The van der Waals surface area contributed by atoms with Gasteiger partial charge in [-0.3, -0.25) is 9.18 Å². The zero-order chi connectivity index (χ0) is 20.7. The van der Waals surface area contributed by atoms with E-state index in [9.17, 15) is 18.0 Å². The molecule has 4 nitrogen and oxygen atoms in total. The molecule has 0 saturated carbocycles. The van der Waals surface area contributed by atoms with E-state index in [4.69, 9.17) is 11.6 Å². The first-order valence-electron chi connectivity index (χ1n) is 8.98. The Morgan fingerprint density at radius 1 is 1.25 bits per heavy atom. The quantitative estimate of drug-likeness (QED) is 0.602. The number of benzene rings is 1. The summed E-state index contributed by atoms with van der Waals surface area (Å²) in [6.07, 6.45) is 0.859. The van der Waals surface area contributed by atoms with E-state index in [0.29, 0.717) is 29.0 Å². The molecule has 1 N–H and O–H groups in total. The van der Waals surface area contributed by atoms with Crippen LogP contribution in [0.3, 0.4) is 0 Å². The van der Waals surface area contributed by atoms with Crippen LogP contribution in [0.1, 0.15) is 60.8 Å². The Labute approximate surface area is 167 Å². The standard InChI is InChI=1S/C20H23ClF3N3O/c1-3-20(2,12-22)8-13(14-10-25-18(17(23)24)26-11-14)9-27-19(28)15-6-4-5-7-16(15)21/h4-7,10-11,13,17H,3,8-9,12H2,1-2H3,(H,27,28). The van der Waals surface area contributed by atoms with E-state index < -0.39 is 24.3 Å². The van der Waals surface area contributed by atoms with Crippen molar-refractivity contribution in [3.05, 3.63) is 58.6 Å². The molecule has 2 atom stereocenters. The predicted molar refractivity (Wildman–Crippen MR) is 103 cm³/mol. The minimum atomic E-state index is -2.76. The minimum Gasteiger partial charge on any atom is -0.351 e. The number of carbonyl (C=O) groups excluding carboxylic acids is 1. The van der Waals surface area contributed by atoms with Crippen LogP contribution in [-0.2, 0) is 0 Å². The smallest absolute Gasteiger partial charge is 0.297 e. The van der Waals surface area contributed by atoms with Crippen LogP contribution in [0.5, 0.6) is 0 Å².